The molecule has 2 aromatic heterocycles. The summed E-state index contributed by atoms with van der Waals surface area (Å²) in [7, 11) is 0. The van der Waals surface area contributed by atoms with E-state index in [0.29, 0.717) is 6.73 Å². The Kier molecular flexibility index (Phi) is 5.43. The molecule has 4 aromatic rings. The number of aromatic nitrogens is 3. The van der Waals surface area contributed by atoms with E-state index in [0.717, 1.165) is 46.1 Å². The number of imidazole rings is 1. The van der Waals surface area contributed by atoms with Crippen LogP contribution in [0.1, 0.15) is 26.3 Å². The highest BCUT2D eigenvalue weighted by atomic mass is 16.5. The second-order valence-electron chi connectivity index (χ2n) is 6.62. The van der Waals surface area contributed by atoms with E-state index in [-0.39, 0.29) is 0 Å². The van der Waals surface area contributed by atoms with E-state index in [1.165, 1.54) is 5.56 Å². The molecular weight excluding hydrogens is 358 g/mol. The Morgan fingerprint density at radius 3 is 2.41 bits per heavy atom. The molecular formula is C25H25N3O. The van der Waals surface area contributed by atoms with Crippen molar-refractivity contribution in [2.75, 3.05) is 0 Å². The Morgan fingerprint density at radius 1 is 0.931 bits per heavy atom. The third kappa shape index (κ3) is 3.42. The van der Waals surface area contributed by atoms with Crippen molar-refractivity contribution in [1.29, 1.82) is 0 Å². The van der Waals surface area contributed by atoms with Gasteiger partial charge in [-0.25, -0.2) is 4.98 Å². The standard InChI is InChI=1S/C23H19N3O.C2H6/c1-2-16-8-10-17(11-9-16)21-22(18-6-4-3-5-7-18)26-15-27-20-12-13-24-14-19(20)23(26)25-21;1-2/h3-14H,2,15H2,1H3;1-2H3. The lowest BCUT2D eigenvalue weighted by atomic mass is 10.0. The molecule has 146 valence electrons. The third-order valence-corrected chi connectivity index (χ3v) is 5.02. The molecule has 29 heavy (non-hydrogen) atoms. The number of hydrogen-bond donors (Lipinski definition) is 0. The van der Waals surface area contributed by atoms with Crippen molar-refractivity contribution < 1.29 is 4.74 Å². The maximum atomic E-state index is 5.98. The van der Waals surface area contributed by atoms with Gasteiger partial charge in [-0.2, -0.15) is 0 Å². The summed E-state index contributed by atoms with van der Waals surface area (Å²) in [5.74, 6) is 1.73. The van der Waals surface area contributed by atoms with E-state index in [4.69, 9.17) is 9.72 Å². The zero-order valence-corrected chi connectivity index (χ0v) is 17.1. The number of benzene rings is 2. The van der Waals surface area contributed by atoms with Crippen LogP contribution in [0.4, 0.5) is 0 Å². The number of pyridine rings is 1. The summed E-state index contributed by atoms with van der Waals surface area (Å²) >= 11 is 0. The Balaban J connectivity index is 0.000000994. The zero-order valence-electron chi connectivity index (χ0n) is 17.1. The molecule has 0 unspecified atom stereocenters. The van der Waals surface area contributed by atoms with Gasteiger partial charge in [0.2, 0.25) is 0 Å². The minimum atomic E-state index is 0.441. The van der Waals surface area contributed by atoms with Crippen molar-refractivity contribution in [2.24, 2.45) is 0 Å². The van der Waals surface area contributed by atoms with Crippen LogP contribution in [0.2, 0.25) is 0 Å². The van der Waals surface area contributed by atoms with E-state index >= 15 is 0 Å². The van der Waals surface area contributed by atoms with Gasteiger partial charge in [-0.3, -0.25) is 9.55 Å². The van der Waals surface area contributed by atoms with Gasteiger partial charge in [0.05, 0.1) is 17.0 Å². The van der Waals surface area contributed by atoms with Gasteiger partial charge in [-0.15, -0.1) is 0 Å². The summed E-state index contributed by atoms with van der Waals surface area (Å²) in [6.45, 7) is 6.61. The van der Waals surface area contributed by atoms with Crippen LogP contribution in [0.15, 0.2) is 73.1 Å². The van der Waals surface area contributed by atoms with Crippen LogP contribution in [0.5, 0.6) is 5.75 Å². The predicted molar refractivity (Wildman–Crippen MR) is 118 cm³/mol. The summed E-state index contributed by atoms with van der Waals surface area (Å²) in [6.07, 6.45) is 4.60. The molecule has 1 aliphatic heterocycles. The average Bonchev–Trinajstić information content (AvgIpc) is 3.21. The van der Waals surface area contributed by atoms with Gasteiger partial charge in [0, 0.05) is 23.5 Å². The van der Waals surface area contributed by atoms with Gasteiger partial charge in [0.25, 0.3) is 0 Å². The minimum Gasteiger partial charge on any atom is -0.472 e. The second-order valence-corrected chi connectivity index (χ2v) is 6.62. The van der Waals surface area contributed by atoms with Crippen molar-refractivity contribution in [3.63, 3.8) is 0 Å². The van der Waals surface area contributed by atoms with E-state index in [1.807, 2.05) is 32.2 Å². The molecule has 0 bridgehead atoms. The van der Waals surface area contributed by atoms with Crippen molar-refractivity contribution in [1.82, 2.24) is 14.5 Å². The fraction of sp³-hybridized carbons (Fsp3) is 0.200. The lowest BCUT2D eigenvalue weighted by Crippen LogP contribution is -2.14. The summed E-state index contributed by atoms with van der Waals surface area (Å²) in [5.41, 5.74) is 6.53. The van der Waals surface area contributed by atoms with Crippen LogP contribution in [0, 0.1) is 0 Å². The number of nitrogens with zero attached hydrogens (tertiary/aromatic N) is 3. The van der Waals surface area contributed by atoms with E-state index in [9.17, 15) is 0 Å². The van der Waals surface area contributed by atoms with E-state index < -0.39 is 0 Å². The predicted octanol–water partition coefficient (Wildman–Crippen LogP) is 6.22. The first-order valence-corrected chi connectivity index (χ1v) is 10.2. The maximum absolute atomic E-state index is 5.98. The largest absolute Gasteiger partial charge is 0.472 e. The molecule has 0 radical (unpaired) electrons. The van der Waals surface area contributed by atoms with Gasteiger partial charge < -0.3 is 4.74 Å². The highest BCUT2D eigenvalue weighted by Crippen LogP contribution is 2.40. The van der Waals surface area contributed by atoms with Crippen LogP contribution in [0.25, 0.3) is 33.9 Å². The molecule has 3 heterocycles. The van der Waals surface area contributed by atoms with Crippen LogP contribution < -0.4 is 4.74 Å². The fourth-order valence-electron chi connectivity index (χ4n) is 3.58. The van der Waals surface area contributed by atoms with Gasteiger partial charge in [0.15, 0.2) is 6.73 Å². The van der Waals surface area contributed by atoms with Crippen molar-refractivity contribution in [2.45, 2.75) is 33.9 Å². The van der Waals surface area contributed by atoms with E-state index in [1.54, 1.807) is 6.20 Å². The fourth-order valence-corrected chi connectivity index (χ4v) is 3.58. The topological polar surface area (TPSA) is 39.9 Å². The van der Waals surface area contributed by atoms with Crippen LogP contribution in [-0.4, -0.2) is 14.5 Å². The highest BCUT2D eigenvalue weighted by Gasteiger charge is 2.26. The Labute approximate surface area is 171 Å². The number of ether oxygens (including phenoxy) is 1. The van der Waals surface area contributed by atoms with Crippen molar-refractivity contribution in [3.8, 4) is 39.7 Å². The quantitative estimate of drug-likeness (QED) is 0.422. The molecule has 0 aliphatic carbocycles. The molecule has 5 rings (SSSR count). The molecule has 0 fully saturated rings. The third-order valence-electron chi connectivity index (χ3n) is 5.02. The molecule has 2 aromatic carbocycles. The Morgan fingerprint density at radius 2 is 1.69 bits per heavy atom. The summed E-state index contributed by atoms with van der Waals surface area (Å²) in [6, 6.07) is 20.9. The van der Waals surface area contributed by atoms with Crippen molar-refractivity contribution >= 4 is 0 Å². The minimum absolute atomic E-state index is 0.441. The number of aryl methyl sites for hydroxylation is 1. The number of rotatable bonds is 3. The van der Waals surface area contributed by atoms with Gasteiger partial charge in [0.1, 0.15) is 11.6 Å². The molecule has 1 aliphatic rings. The Bertz CT molecular complexity index is 1100. The summed E-state index contributed by atoms with van der Waals surface area (Å²) in [4.78, 5) is 9.31. The number of hydrogen-bond acceptors (Lipinski definition) is 3. The normalized spacial score (nSPS) is 11.6. The molecule has 0 N–H and O–H groups in total. The van der Waals surface area contributed by atoms with Crippen LogP contribution >= 0.6 is 0 Å². The Hall–Kier alpha value is -3.40. The van der Waals surface area contributed by atoms with Gasteiger partial charge in [-0.05, 0) is 18.1 Å². The van der Waals surface area contributed by atoms with Crippen molar-refractivity contribution in [3.05, 3.63) is 78.6 Å². The molecule has 0 amide bonds. The first-order chi connectivity index (χ1) is 14.3. The SMILES string of the molecule is CC.CCc1ccc(-c2nc3n(c2-c2ccccc2)COc2ccncc2-3)cc1. The molecule has 0 atom stereocenters. The monoisotopic (exact) mass is 383 g/mol. The van der Waals surface area contributed by atoms with Gasteiger partial charge >= 0.3 is 0 Å². The first-order valence-electron chi connectivity index (χ1n) is 10.2. The number of fused-ring (bicyclic) bond motifs is 3. The summed E-state index contributed by atoms with van der Waals surface area (Å²) in [5, 5.41) is 0. The lowest BCUT2D eigenvalue weighted by Gasteiger charge is -2.20. The second kappa shape index (κ2) is 8.31. The first kappa shape index (κ1) is 18.9. The maximum Gasteiger partial charge on any atom is 0.167 e. The molecule has 4 heteroatoms. The van der Waals surface area contributed by atoms with Crippen LogP contribution in [0.3, 0.4) is 0 Å². The molecule has 4 nitrogen and oxygen atoms in total. The lowest BCUT2D eigenvalue weighted by molar-refractivity contribution is 0.231. The van der Waals surface area contributed by atoms with E-state index in [2.05, 4.69) is 65.0 Å². The highest BCUT2D eigenvalue weighted by molar-refractivity contribution is 5.83. The average molecular weight is 383 g/mol. The molecule has 0 saturated heterocycles. The smallest absolute Gasteiger partial charge is 0.167 e. The zero-order chi connectivity index (χ0) is 20.2. The molecule has 0 saturated carbocycles. The van der Waals surface area contributed by atoms with Crippen LogP contribution in [-0.2, 0) is 13.2 Å². The molecule has 0 spiro atoms. The van der Waals surface area contributed by atoms with Gasteiger partial charge in [-0.1, -0.05) is 75.4 Å². The summed E-state index contributed by atoms with van der Waals surface area (Å²) < 4.78 is 8.12.